The number of benzene rings is 1. The summed E-state index contributed by atoms with van der Waals surface area (Å²) in [6, 6.07) is 3.75. The first-order chi connectivity index (χ1) is 15.0. The summed E-state index contributed by atoms with van der Waals surface area (Å²) in [6.45, 7) is 9.72. The normalized spacial score (nSPS) is 16.9. The van der Waals surface area contributed by atoms with Crippen LogP contribution in [0.2, 0.25) is 5.02 Å². The third-order valence-electron chi connectivity index (χ3n) is 5.46. The number of halogens is 2. The van der Waals surface area contributed by atoms with E-state index in [2.05, 4.69) is 25.5 Å². The Morgan fingerprint density at radius 1 is 1.23 bits per heavy atom. The highest BCUT2D eigenvalue weighted by atomic mass is 35.5. The van der Waals surface area contributed by atoms with Crippen LogP contribution in [0.25, 0.3) is 11.0 Å². The van der Waals surface area contributed by atoms with Crippen molar-refractivity contribution in [3.63, 3.8) is 0 Å². The molecule has 7 heteroatoms. The molecule has 5 nitrogen and oxygen atoms in total. The van der Waals surface area contributed by atoms with Crippen LogP contribution < -0.4 is 10.6 Å². The Morgan fingerprint density at radius 3 is 2.68 bits per heavy atom. The number of hydrogen-bond acceptors (Lipinski definition) is 5. The number of nitrogens with zero attached hydrogens (tertiary/aromatic N) is 3. The van der Waals surface area contributed by atoms with Crippen molar-refractivity contribution in [2.24, 2.45) is 0 Å². The average Bonchev–Trinajstić information content (AvgIpc) is 3.05. The minimum atomic E-state index is -0.211. The van der Waals surface area contributed by atoms with Crippen molar-refractivity contribution >= 4 is 22.6 Å². The van der Waals surface area contributed by atoms with Crippen molar-refractivity contribution in [3.05, 3.63) is 70.1 Å². The topological polar surface area (TPSA) is 53.1 Å². The fourth-order valence-corrected chi connectivity index (χ4v) is 3.81. The van der Waals surface area contributed by atoms with Gasteiger partial charge in [0, 0.05) is 43.6 Å². The van der Waals surface area contributed by atoms with E-state index in [9.17, 15) is 0 Å². The monoisotopic (exact) mass is 443 g/mol. The molecule has 1 fully saturated rings. The second kappa shape index (κ2) is 11.3. The van der Waals surface area contributed by atoms with Gasteiger partial charge in [0.1, 0.15) is 5.83 Å². The van der Waals surface area contributed by atoms with Gasteiger partial charge in [-0.05, 0) is 57.0 Å². The number of aromatic nitrogens is 2. The maximum atomic E-state index is 15.5. The van der Waals surface area contributed by atoms with Crippen LogP contribution in [-0.4, -0.2) is 41.0 Å². The Hall–Kier alpha value is -2.44. The van der Waals surface area contributed by atoms with Gasteiger partial charge in [0.05, 0.1) is 22.4 Å². The molecule has 2 N–H and O–H groups in total. The molecule has 2 aromatic rings. The van der Waals surface area contributed by atoms with Crippen LogP contribution in [0.1, 0.15) is 39.2 Å². The Kier molecular flexibility index (Phi) is 8.43. The second-order valence-corrected chi connectivity index (χ2v) is 8.08. The number of fused-ring (bicyclic) bond motifs is 1. The lowest BCUT2D eigenvalue weighted by atomic mass is 10.1. The Bertz CT molecular complexity index is 991. The van der Waals surface area contributed by atoms with Gasteiger partial charge >= 0.3 is 0 Å². The minimum Gasteiger partial charge on any atom is -0.379 e. The number of rotatable bonds is 7. The molecule has 3 rings (SSSR count). The SMILES string of the molecule is C\C=C(NCc1cc2nccnc2cc1Cl)/C(=C(F)\C=C(/C)CC)N1CCCNCC1. The first-order valence-electron chi connectivity index (χ1n) is 10.9. The Balaban J connectivity index is 1.90. The summed E-state index contributed by atoms with van der Waals surface area (Å²) < 4.78 is 15.5. The first kappa shape index (κ1) is 23.2. The van der Waals surface area contributed by atoms with Crippen molar-refractivity contribution in [2.75, 3.05) is 26.2 Å². The molecule has 31 heavy (non-hydrogen) atoms. The van der Waals surface area contributed by atoms with E-state index < -0.39 is 0 Å². The highest BCUT2D eigenvalue weighted by Crippen LogP contribution is 2.25. The lowest BCUT2D eigenvalue weighted by molar-refractivity contribution is 0.355. The molecule has 1 aromatic carbocycles. The van der Waals surface area contributed by atoms with Gasteiger partial charge in [0.15, 0.2) is 0 Å². The van der Waals surface area contributed by atoms with Crippen LogP contribution in [0.5, 0.6) is 0 Å². The standard InChI is InChI=1S/C24H31ClFN5/c1-4-17(3)13-20(26)24(31-11-6-7-27-10-12-31)21(5-2)30-16-18-14-22-23(15-19(18)25)29-9-8-28-22/h5,8-9,13-15,27,30H,4,6-7,10-12,16H2,1-3H3/b17-13+,21-5+,24-20-. The summed E-state index contributed by atoms with van der Waals surface area (Å²) in [5, 5.41) is 7.42. The molecule has 0 bridgehead atoms. The van der Waals surface area contributed by atoms with Crippen LogP contribution >= 0.6 is 11.6 Å². The fourth-order valence-electron chi connectivity index (χ4n) is 3.58. The molecule has 166 valence electrons. The fraction of sp³-hybridized carbons (Fsp3) is 0.417. The maximum Gasteiger partial charge on any atom is 0.148 e. The van der Waals surface area contributed by atoms with Gasteiger partial charge in [0.2, 0.25) is 0 Å². The van der Waals surface area contributed by atoms with Crippen LogP contribution in [0.3, 0.4) is 0 Å². The van der Waals surface area contributed by atoms with Gasteiger partial charge in [0.25, 0.3) is 0 Å². The molecule has 0 atom stereocenters. The lowest BCUT2D eigenvalue weighted by Gasteiger charge is -2.28. The van der Waals surface area contributed by atoms with Crippen LogP contribution in [0.4, 0.5) is 4.39 Å². The lowest BCUT2D eigenvalue weighted by Crippen LogP contribution is -2.32. The highest BCUT2D eigenvalue weighted by molar-refractivity contribution is 6.32. The van der Waals surface area contributed by atoms with Gasteiger partial charge < -0.3 is 15.5 Å². The van der Waals surface area contributed by atoms with E-state index in [1.807, 2.05) is 39.0 Å². The van der Waals surface area contributed by atoms with Crippen molar-refractivity contribution in [1.29, 1.82) is 0 Å². The number of nitrogens with one attached hydrogen (secondary N) is 2. The molecule has 0 spiro atoms. The van der Waals surface area contributed by atoms with Crippen LogP contribution in [0.15, 0.2) is 59.5 Å². The molecule has 0 saturated carbocycles. The molecular formula is C24H31ClFN5. The summed E-state index contributed by atoms with van der Waals surface area (Å²) in [5.74, 6) is -0.211. The van der Waals surface area contributed by atoms with Gasteiger partial charge in [-0.15, -0.1) is 0 Å². The van der Waals surface area contributed by atoms with Crippen molar-refractivity contribution < 1.29 is 4.39 Å². The number of allylic oxidation sites excluding steroid dienone is 4. The van der Waals surface area contributed by atoms with E-state index in [0.29, 0.717) is 17.3 Å². The zero-order chi connectivity index (χ0) is 22.2. The molecule has 1 aromatic heterocycles. The number of hydrogen-bond donors (Lipinski definition) is 2. The van der Waals surface area contributed by atoms with E-state index >= 15 is 4.39 Å². The third kappa shape index (κ3) is 6.05. The van der Waals surface area contributed by atoms with Crippen molar-refractivity contribution in [1.82, 2.24) is 25.5 Å². The summed E-state index contributed by atoms with van der Waals surface area (Å²) >= 11 is 6.49. The van der Waals surface area contributed by atoms with Crippen LogP contribution in [0, 0.1) is 0 Å². The van der Waals surface area contributed by atoms with Gasteiger partial charge in [-0.3, -0.25) is 9.97 Å². The quantitative estimate of drug-likeness (QED) is 0.582. The van der Waals surface area contributed by atoms with Gasteiger partial charge in [-0.25, -0.2) is 4.39 Å². The second-order valence-electron chi connectivity index (χ2n) is 7.68. The molecule has 1 aliphatic heterocycles. The summed E-state index contributed by atoms with van der Waals surface area (Å²) in [6.07, 6.45) is 8.68. The molecule has 1 aliphatic rings. The molecule has 0 radical (unpaired) electrons. The minimum absolute atomic E-state index is 0.211. The molecule has 1 saturated heterocycles. The van der Waals surface area contributed by atoms with Gasteiger partial charge in [-0.1, -0.05) is 30.2 Å². The Labute approximate surface area is 189 Å². The summed E-state index contributed by atoms with van der Waals surface area (Å²) in [7, 11) is 0. The van der Waals surface area contributed by atoms with Crippen LogP contribution in [-0.2, 0) is 6.54 Å². The van der Waals surface area contributed by atoms with E-state index in [4.69, 9.17) is 11.6 Å². The molecule has 0 aliphatic carbocycles. The zero-order valence-electron chi connectivity index (χ0n) is 18.5. The first-order valence-corrected chi connectivity index (χ1v) is 11.2. The maximum absolute atomic E-state index is 15.5. The largest absolute Gasteiger partial charge is 0.379 e. The van der Waals surface area contributed by atoms with E-state index in [0.717, 1.165) is 66.9 Å². The predicted molar refractivity (Wildman–Crippen MR) is 126 cm³/mol. The molecule has 2 heterocycles. The smallest absolute Gasteiger partial charge is 0.148 e. The molecule has 0 amide bonds. The van der Waals surface area contributed by atoms with E-state index in [-0.39, 0.29) is 5.83 Å². The summed E-state index contributed by atoms with van der Waals surface area (Å²) in [4.78, 5) is 10.8. The predicted octanol–water partition coefficient (Wildman–Crippen LogP) is 5.11. The zero-order valence-corrected chi connectivity index (χ0v) is 19.3. The Morgan fingerprint density at radius 2 is 1.97 bits per heavy atom. The summed E-state index contributed by atoms with van der Waals surface area (Å²) in [5.41, 5.74) is 4.81. The molecular weight excluding hydrogens is 413 g/mol. The van der Waals surface area contributed by atoms with E-state index in [1.54, 1.807) is 18.5 Å². The third-order valence-corrected chi connectivity index (χ3v) is 5.82. The van der Waals surface area contributed by atoms with Crippen molar-refractivity contribution in [2.45, 2.75) is 40.2 Å². The van der Waals surface area contributed by atoms with E-state index in [1.165, 1.54) is 0 Å². The molecule has 0 unspecified atom stereocenters. The average molecular weight is 444 g/mol. The van der Waals surface area contributed by atoms with Crippen molar-refractivity contribution in [3.8, 4) is 0 Å². The highest BCUT2D eigenvalue weighted by Gasteiger charge is 2.20. The van der Waals surface area contributed by atoms with Gasteiger partial charge in [-0.2, -0.15) is 0 Å².